The van der Waals surface area contributed by atoms with E-state index in [0.717, 1.165) is 4.57 Å². The van der Waals surface area contributed by atoms with Crippen LogP contribution in [0.15, 0.2) is 21.7 Å². The molecule has 26 heavy (non-hydrogen) atoms. The number of amides is 1. The van der Waals surface area contributed by atoms with Gasteiger partial charge in [-0.3, -0.25) is 14.2 Å². The van der Waals surface area contributed by atoms with Gasteiger partial charge in [-0.25, -0.2) is 4.79 Å². The van der Waals surface area contributed by atoms with Crippen molar-refractivity contribution in [2.45, 2.75) is 19.4 Å². The minimum atomic E-state index is -0.582. The maximum Gasteiger partial charge on any atom is 0.328 e. The lowest BCUT2D eigenvalue weighted by atomic mass is 10.2. The van der Waals surface area contributed by atoms with E-state index in [9.17, 15) is 14.4 Å². The molecule has 0 aliphatic carbocycles. The number of fused-ring (bicyclic) bond motifs is 1. The van der Waals surface area contributed by atoms with Crippen molar-refractivity contribution in [1.29, 1.82) is 0 Å². The molecule has 1 heterocycles. The van der Waals surface area contributed by atoms with Gasteiger partial charge in [0.15, 0.2) is 11.5 Å². The first-order valence-corrected chi connectivity index (χ1v) is 8.16. The molecular formula is C17H23N3O6. The van der Waals surface area contributed by atoms with Crippen molar-refractivity contribution in [3.05, 3.63) is 33.0 Å². The fraction of sp³-hybridized carbons (Fsp3) is 0.471. The topological polar surface area (TPSA) is 112 Å². The van der Waals surface area contributed by atoms with Crippen LogP contribution in [0.3, 0.4) is 0 Å². The summed E-state index contributed by atoms with van der Waals surface area (Å²) < 4.78 is 16.3. The number of carbonyl (C=O) groups is 1. The normalized spacial score (nSPS) is 10.7. The van der Waals surface area contributed by atoms with Gasteiger partial charge in [-0.05, 0) is 12.5 Å². The number of aromatic nitrogens is 2. The number of aromatic amines is 1. The summed E-state index contributed by atoms with van der Waals surface area (Å²) in [5, 5.41) is 2.99. The Bertz CT molecular complexity index is 886. The van der Waals surface area contributed by atoms with Crippen LogP contribution in [0.5, 0.6) is 11.5 Å². The predicted molar refractivity (Wildman–Crippen MR) is 96.1 cm³/mol. The molecule has 0 atom stereocenters. The summed E-state index contributed by atoms with van der Waals surface area (Å²) in [7, 11) is 4.51. The van der Waals surface area contributed by atoms with Crippen LogP contribution < -0.4 is 26.0 Å². The van der Waals surface area contributed by atoms with Crippen molar-refractivity contribution >= 4 is 16.8 Å². The fourth-order valence-electron chi connectivity index (χ4n) is 2.53. The van der Waals surface area contributed by atoms with Crippen LogP contribution in [0.1, 0.15) is 12.8 Å². The van der Waals surface area contributed by atoms with Crippen molar-refractivity contribution < 1.29 is 19.0 Å². The first-order valence-electron chi connectivity index (χ1n) is 8.16. The molecule has 0 radical (unpaired) electrons. The molecule has 0 spiro atoms. The Hall–Kier alpha value is -2.81. The number of nitrogens with zero attached hydrogens (tertiary/aromatic N) is 1. The standard InChI is InChI=1S/C17H23N3O6/c1-24-8-4-6-18-15(21)5-7-20-16(22)11-9-13(25-2)14(26-3)10-12(11)19-17(20)23/h9-10H,4-8H2,1-3H3,(H,18,21)(H,19,23). The number of rotatable bonds is 9. The van der Waals surface area contributed by atoms with Crippen LogP contribution in [0.4, 0.5) is 0 Å². The van der Waals surface area contributed by atoms with Gasteiger partial charge in [-0.1, -0.05) is 0 Å². The highest BCUT2D eigenvalue weighted by Gasteiger charge is 2.13. The SMILES string of the molecule is COCCCNC(=O)CCn1c(=O)[nH]c2cc(OC)c(OC)cc2c1=O. The van der Waals surface area contributed by atoms with Crippen LogP contribution in [-0.4, -0.2) is 49.9 Å². The summed E-state index contributed by atoms with van der Waals surface area (Å²) in [4.78, 5) is 39.3. The zero-order valence-electron chi connectivity index (χ0n) is 15.1. The minimum absolute atomic E-state index is 0.0193. The van der Waals surface area contributed by atoms with Crippen molar-refractivity contribution in [1.82, 2.24) is 14.9 Å². The van der Waals surface area contributed by atoms with Gasteiger partial charge in [0.25, 0.3) is 5.56 Å². The second-order valence-corrected chi connectivity index (χ2v) is 5.59. The van der Waals surface area contributed by atoms with Gasteiger partial charge >= 0.3 is 5.69 Å². The van der Waals surface area contributed by atoms with E-state index in [1.54, 1.807) is 7.11 Å². The first-order chi connectivity index (χ1) is 12.5. The lowest BCUT2D eigenvalue weighted by molar-refractivity contribution is -0.121. The monoisotopic (exact) mass is 365 g/mol. The molecule has 1 amide bonds. The van der Waals surface area contributed by atoms with Crippen molar-refractivity contribution in [3.8, 4) is 11.5 Å². The largest absolute Gasteiger partial charge is 0.493 e. The Morgan fingerprint density at radius 3 is 2.50 bits per heavy atom. The molecule has 9 nitrogen and oxygen atoms in total. The number of hydrogen-bond acceptors (Lipinski definition) is 6. The Balaban J connectivity index is 2.21. The summed E-state index contributed by atoms with van der Waals surface area (Å²) in [5.41, 5.74) is -0.725. The van der Waals surface area contributed by atoms with Gasteiger partial charge in [0, 0.05) is 39.3 Å². The Labute approximate surface area is 149 Å². The van der Waals surface area contributed by atoms with Gasteiger partial charge in [-0.15, -0.1) is 0 Å². The molecule has 2 N–H and O–H groups in total. The van der Waals surface area contributed by atoms with E-state index in [2.05, 4.69) is 10.3 Å². The third kappa shape index (κ3) is 4.42. The lowest BCUT2D eigenvalue weighted by Gasteiger charge is -2.11. The smallest absolute Gasteiger partial charge is 0.328 e. The molecule has 0 aliphatic rings. The Morgan fingerprint density at radius 2 is 1.85 bits per heavy atom. The van der Waals surface area contributed by atoms with E-state index in [1.807, 2.05) is 0 Å². The molecule has 9 heteroatoms. The highest BCUT2D eigenvalue weighted by Crippen LogP contribution is 2.29. The van der Waals surface area contributed by atoms with Crippen LogP contribution in [0.2, 0.25) is 0 Å². The Morgan fingerprint density at radius 1 is 1.15 bits per heavy atom. The van der Waals surface area contributed by atoms with Gasteiger partial charge < -0.3 is 24.5 Å². The maximum atomic E-state index is 12.6. The molecule has 0 bridgehead atoms. The summed E-state index contributed by atoms with van der Waals surface area (Å²) >= 11 is 0. The maximum absolute atomic E-state index is 12.6. The van der Waals surface area contributed by atoms with E-state index in [4.69, 9.17) is 14.2 Å². The lowest BCUT2D eigenvalue weighted by Crippen LogP contribution is -2.37. The second-order valence-electron chi connectivity index (χ2n) is 5.59. The number of hydrogen-bond donors (Lipinski definition) is 2. The molecule has 0 fully saturated rings. The quantitative estimate of drug-likeness (QED) is 0.616. The van der Waals surface area contributed by atoms with Gasteiger partial charge in [0.1, 0.15) is 0 Å². The summed E-state index contributed by atoms with van der Waals surface area (Å²) in [6.07, 6.45) is 0.717. The minimum Gasteiger partial charge on any atom is -0.493 e. The number of ether oxygens (including phenoxy) is 3. The fourth-order valence-corrected chi connectivity index (χ4v) is 2.53. The average Bonchev–Trinajstić information content (AvgIpc) is 2.64. The van der Waals surface area contributed by atoms with Crippen LogP contribution in [0, 0.1) is 0 Å². The molecule has 1 aromatic carbocycles. The molecule has 2 rings (SSSR count). The summed E-state index contributed by atoms with van der Waals surface area (Å²) in [6, 6.07) is 3.04. The number of nitrogens with one attached hydrogen (secondary N) is 2. The molecule has 0 saturated heterocycles. The number of H-pyrrole nitrogens is 1. The summed E-state index contributed by atoms with van der Waals surface area (Å²) in [6.45, 7) is 1.01. The molecule has 0 unspecified atom stereocenters. The molecule has 142 valence electrons. The molecule has 0 saturated carbocycles. The second kappa shape index (κ2) is 9.04. The van der Waals surface area contributed by atoms with Gasteiger partial charge in [-0.2, -0.15) is 0 Å². The molecule has 0 aliphatic heterocycles. The Kier molecular flexibility index (Phi) is 6.79. The third-order valence-electron chi connectivity index (χ3n) is 3.90. The third-order valence-corrected chi connectivity index (χ3v) is 3.90. The van der Waals surface area contributed by atoms with Crippen molar-refractivity contribution in [2.75, 3.05) is 34.5 Å². The van der Waals surface area contributed by atoms with Crippen LogP contribution in [-0.2, 0) is 16.1 Å². The van der Waals surface area contributed by atoms with E-state index < -0.39 is 11.2 Å². The average molecular weight is 365 g/mol. The highest BCUT2D eigenvalue weighted by molar-refractivity contribution is 5.81. The number of carbonyl (C=O) groups excluding carboxylic acids is 1. The molecule has 1 aromatic heterocycles. The summed E-state index contributed by atoms with van der Waals surface area (Å²) in [5.74, 6) is 0.551. The van der Waals surface area contributed by atoms with Crippen LogP contribution in [0.25, 0.3) is 10.9 Å². The predicted octanol–water partition coefficient (Wildman–Crippen LogP) is 0.250. The number of benzene rings is 1. The number of methoxy groups -OCH3 is 3. The highest BCUT2D eigenvalue weighted by atomic mass is 16.5. The van der Waals surface area contributed by atoms with E-state index >= 15 is 0 Å². The van der Waals surface area contributed by atoms with E-state index in [-0.39, 0.29) is 24.3 Å². The van der Waals surface area contributed by atoms with Gasteiger partial charge in [0.05, 0.1) is 25.1 Å². The van der Waals surface area contributed by atoms with Crippen LogP contribution >= 0.6 is 0 Å². The first kappa shape index (κ1) is 19.5. The van der Waals surface area contributed by atoms with E-state index in [0.29, 0.717) is 36.6 Å². The van der Waals surface area contributed by atoms with Gasteiger partial charge in [0.2, 0.25) is 5.91 Å². The van der Waals surface area contributed by atoms with Crippen molar-refractivity contribution in [2.24, 2.45) is 0 Å². The van der Waals surface area contributed by atoms with E-state index in [1.165, 1.54) is 26.4 Å². The molecule has 2 aromatic rings. The molecular weight excluding hydrogens is 342 g/mol. The zero-order chi connectivity index (χ0) is 19.1. The zero-order valence-corrected chi connectivity index (χ0v) is 15.1. The van der Waals surface area contributed by atoms with Crippen molar-refractivity contribution in [3.63, 3.8) is 0 Å².